The summed E-state index contributed by atoms with van der Waals surface area (Å²) in [7, 11) is 0. The highest BCUT2D eigenvalue weighted by molar-refractivity contribution is 5.91. The van der Waals surface area contributed by atoms with Crippen LogP contribution >= 0.6 is 0 Å². The van der Waals surface area contributed by atoms with E-state index in [1.807, 2.05) is 44.2 Å². The molecule has 1 aromatic carbocycles. The largest absolute Gasteiger partial charge is 0.396 e. The third kappa shape index (κ3) is 2.81. The summed E-state index contributed by atoms with van der Waals surface area (Å²) in [5.41, 5.74) is 0.471. The van der Waals surface area contributed by atoms with E-state index < -0.39 is 0 Å². The number of hydrogen-bond donors (Lipinski definition) is 2. The maximum Gasteiger partial charge on any atom is 0.231 e. The van der Waals surface area contributed by atoms with E-state index in [1.165, 1.54) is 0 Å². The van der Waals surface area contributed by atoms with Crippen LogP contribution in [0.1, 0.15) is 45.1 Å². The number of aliphatic hydroxyl groups is 1. The van der Waals surface area contributed by atoms with Crippen molar-refractivity contribution in [2.45, 2.75) is 50.5 Å². The molecule has 0 radical (unpaired) electrons. The van der Waals surface area contributed by atoms with Gasteiger partial charge in [-0.25, -0.2) is 0 Å². The van der Waals surface area contributed by atoms with Gasteiger partial charge >= 0.3 is 0 Å². The van der Waals surface area contributed by atoms with Crippen LogP contribution in [0.15, 0.2) is 30.3 Å². The Hall–Kier alpha value is -1.35. The number of hydrogen-bond acceptors (Lipinski definition) is 2. The molecule has 1 amide bonds. The first kappa shape index (κ1) is 14.1. The van der Waals surface area contributed by atoms with Crippen molar-refractivity contribution in [2.24, 2.45) is 0 Å². The Kier molecular flexibility index (Phi) is 3.95. The van der Waals surface area contributed by atoms with Gasteiger partial charge in [-0.2, -0.15) is 0 Å². The van der Waals surface area contributed by atoms with E-state index in [1.54, 1.807) is 0 Å². The summed E-state index contributed by atoms with van der Waals surface area (Å²) in [4.78, 5) is 12.6. The molecule has 0 aromatic heterocycles. The molecule has 1 atom stereocenters. The summed E-state index contributed by atoms with van der Waals surface area (Å²) < 4.78 is 0. The van der Waals surface area contributed by atoms with Crippen LogP contribution in [0, 0.1) is 0 Å². The average molecular weight is 261 g/mol. The van der Waals surface area contributed by atoms with Gasteiger partial charge in [0.25, 0.3) is 0 Å². The molecule has 0 saturated heterocycles. The van der Waals surface area contributed by atoms with Crippen LogP contribution < -0.4 is 5.32 Å². The zero-order valence-electron chi connectivity index (χ0n) is 11.8. The van der Waals surface area contributed by atoms with Crippen LogP contribution in [0.5, 0.6) is 0 Å². The number of benzene rings is 1. The maximum atomic E-state index is 12.6. The lowest BCUT2D eigenvalue weighted by molar-refractivity contribution is -0.125. The predicted molar refractivity (Wildman–Crippen MR) is 75.9 cm³/mol. The molecule has 2 rings (SSSR count). The van der Waals surface area contributed by atoms with Crippen molar-refractivity contribution in [1.82, 2.24) is 5.32 Å². The molecule has 3 heteroatoms. The monoisotopic (exact) mass is 261 g/mol. The van der Waals surface area contributed by atoms with Gasteiger partial charge in [-0.1, -0.05) is 37.3 Å². The lowest BCUT2D eigenvalue weighted by atomic mass is 9.90. The second kappa shape index (κ2) is 5.33. The van der Waals surface area contributed by atoms with Gasteiger partial charge in [0.15, 0.2) is 0 Å². The zero-order valence-corrected chi connectivity index (χ0v) is 11.8. The molecule has 1 unspecified atom stereocenters. The topological polar surface area (TPSA) is 49.3 Å². The van der Waals surface area contributed by atoms with Crippen LogP contribution in [0.4, 0.5) is 0 Å². The third-order valence-electron chi connectivity index (χ3n) is 4.37. The van der Waals surface area contributed by atoms with Crippen LogP contribution in [-0.4, -0.2) is 23.2 Å². The smallest absolute Gasteiger partial charge is 0.231 e. The van der Waals surface area contributed by atoms with Gasteiger partial charge in [0.05, 0.1) is 5.41 Å². The Labute approximate surface area is 115 Å². The summed E-state index contributed by atoms with van der Waals surface area (Å²) in [6, 6.07) is 9.99. The Morgan fingerprint density at radius 3 is 2.47 bits per heavy atom. The number of carbonyl (C=O) groups excluding carboxylic acids is 1. The van der Waals surface area contributed by atoms with E-state index in [0.717, 1.165) is 24.8 Å². The molecule has 3 nitrogen and oxygen atoms in total. The average Bonchev–Trinajstić information content (AvgIpc) is 3.21. The number of rotatable bonds is 6. The van der Waals surface area contributed by atoms with E-state index >= 15 is 0 Å². The highest BCUT2D eigenvalue weighted by atomic mass is 16.3. The van der Waals surface area contributed by atoms with Crippen LogP contribution in [0.2, 0.25) is 0 Å². The van der Waals surface area contributed by atoms with Gasteiger partial charge in [0.1, 0.15) is 0 Å². The molecule has 0 bridgehead atoms. The van der Waals surface area contributed by atoms with Crippen molar-refractivity contribution in [3.05, 3.63) is 35.9 Å². The molecule has 1 aliphatic carbocycles. The predicted octanol–water partition coefficient (Wildman–Crippen LogP) is 2.39. The first-order valence-electron chi connectivity index (χ1n) is 7.05. The van der Waals surface area contributed by atoms with Gasteiger partial charge in [-0.15, -0.1) is 0 Å². The van der Waals surface area contributed by atoms with Gasteiger partial charge in [-0.05, 0) is 38.2 Å². The molecule has 0 spiro atoms. The minimum Gasteiger partial charge on any atom is -0.396 e. The first-order valence-corrected chi connectivity index (χ1v) is 7.05. The Balaban J connectivity index is 2.12. The fourth-order valence-electron chi connectivity index (χ4n) is 2.50. The number of aliphatic hydroxyl groups excluding tert-OH is 1. The number of amides is 1. The van der Waals surface area contributed by atoms with Crippen molar-refractivity contribution in [3.63, 3.8) is 0 Å². The zero-order chi connectivity index (χ0) is 13.9. The second-order valence-corrected chi connectivity index (χ2v) is 5.79. The summed E-state index contributed by atoms with van der Waals surface area (Å²) in [6.07, 6.45) is 3.26. The summed E-state index contributed by atoms with van der Waals surface area (Å²) in [5.74, 6) is 0.108. The molecule has 1 aliphatic rings. The van der Waals surface area contributed by atoms with Crippen molar-refractivity contribution in [2.75, 3.05) is 6.61 Å². The van der Waals surface area contributed by atoms with Crippen molar-refractivity contribution in [1.29, 1.82) is 0 Å². The normalized spacial score (nSPS) is 19.5. The maximum absolute atomic E-state index is 12.6. The van der Waals surface area contributed by atoms with Gasteiger partial charge in [0, 0.05) is 12.1 Å². The molecule has 1 fully saturated rings. The lowest BCUT2D eigenvalue weighted by Gasteiger charge is -2.31. The van der Waals surface area contributed by atoms with E-state index in [0.29, 0.717) is 6.42 Å². The number of nitrogens with one attached hydrogen (secondary N) is 1. The number of carbonyl (C=O) groups is 1. The van der Waals surface area contributed by atoms with Crippen molar-refractivity contribution >= 4 is 5.91 Å². The Bertz CT molecular complexity index is 439. The third-order valence-corrected chi connectivity index (χ3v) is 4.37. The molecule has 1 saturated carbocycles. The van der Waals surface area contributed by atoms with Gasteiger partial charge in [-0.3, -0.25) is 4.79 Å². The SMILES string of the molecule is CCC(C)(CCO)NC(=O)C1(c2ccccc2)CC1. The summed E-state index contributed by atoms with van der Waals surface area (Å²) in [6.45, 7) is 4.14. The molecule has 0 aliphatic heterocycles. The molecule has 19 heavy (non-hydrogen) atoms. The van der Waals surface area contributed by atoms with E-state index in [4.69, 9.17) is 5.11 Å². The van der Waals surface area contributed by atoms with Crippen molar-refractivity contribution in [3.8, 4) is 0 Å². The highest BCUT2D eigenvalue weighted by Gasteiger charge is 2.52. The lowest BCUT2D eigenvalue weighted by Crippen LogP contribution is -2.50. The van der Waals surface area contributed by atoms with Gasteiger partial charge in [0.2, 0.25) is 5.91 Å². The van der Waals surface area contributed by atoms with Crippen LogP contribution in [0.3, 0.4) is 0 Å². The van der Waals surface area contributed by atoms with E-state index in [2.05, 4.69) is 5.32 Å². The van der Waals surface area contributed by atoms with Crippen molar-refractivity contribution < 1.29 is 9.90 Å². The fourth-order valence-corrected chi connectivity index (χ4v) is 2.50. The minimum atomic E-state index is -0.326. The van der Waals surface area contributed by atoms with Crippen LogP contribution in [-0.2, 0) is 10.2 Å². The quantitative estimate of drug-likeness (QED) is 0.826. The van der Waals surface area contributed by atoms with E-state index in [9.17, 15) is 4.79 Å². The van der Waals surface area contributed by atoms with Crippen LogP contribution in [0.25, 0.3) is 0 Å². The fraction of sp³-hybridized carbons (Fsp3) is 0.562. The summed E-state index contributed by atoms with van der Waals surface area (Å²) >= 11 is 0. The first-order chi connectivity index (χ1) is 9.06. The highest BCUT2D eigenvalue weighted by Crippen LogP contribution is 2.48. The second-order valence-electron chi connectivity index (χ2n) is 5.79. The molecule has 104 valence electrons. The molecular formula is C16H23NO2. The minimum absolute atomic E-state index is 0.100. The molecular weight excluding hydrogens is 238 g/mol. The van der Waals surface area contributed by atoms with Gasteiger partial charge < -0.3 is 10.4 Å². The molecule has 2 N–H and O–H groups in total. The molecule has 1 aromatic rings. The Morgan fingerprint density at radius 2 is 2.00 bits per heavy atom. The summed E-state index contributed by atoms with van der Waals surface area (Å²) in [5, 5.41) is 12.3. The standard InChI is InChI=1S/C16H23NO2/c1-3-15(2,11-12-18)17-14(19)16(9-10-16)13-7-5-4-6-8-13/h4-8,18H,3,9-12H2,1-2H3,(H,17,19). The molecule has 0 heterocycles. The Morgan fingerprint density at radius 1 is 1.37 bits per heavy atom. The van der Waals surface area contributed by atoms with E-state index in [-0.39, 0.29) is 23.5 Å².